The first-order valence-electron chi connectivity index (χ1n) is 5.73. The quantitative estimate of drug-likeness (QED) is 0.762. The zero-order valence-corrected chi connectivity index (χ0v) is 10.8. The third kappa shape index (κ3) is 2.71. The second-order valence-corrected chi connectivity index (χ2v) is 4.81. The van der Waals surface area contributed by atoms with Crippen molar-refractivity contribution in [1.82, 2.24) is 9.97 Å². The number of aromatic hydroxyl groups is 1. The van der Waals surface area contributed by atoms with Crippen LogP contribution in [0.1, 0.15) is 0 Å². The van der Waals surface area contributed by atoms with Crippen LogP contribution in [0.2, 0.25) is 0 Å². The highest BCUT2D eigenvalue weighted by Gasteiger charge is 2.04. The normalized spacial score (nSPS) is 10.3. The van der Waals surface area contributed by atoms with Gasteiger partial charge in [0.2, 0.25) is 0 Å². The van der Waals surface area contributed by atoms with Gasteiger partial charge in [0, 0.05) is 35.1 Å². The lowest BCUT2D eigenvalue weighted by atomic mass is 10.2. The molecular weight excluding hydrogens is 258 g/mol. The molecule has 2 aromatic heterocycles. The maximum Gasteiger partial charge on any atom is 0.187 e. The van der Waals surface area contributed by atoms with E-state index < -0.39 is 0 Å². The van der Waals surface area contributed by atoms with E-state index in [1.807, 2.05) is 23.6 Å². The summed E-state index contributed by atoms with van der Waals surface area (Å²) in [6.45, 7) is 0. The highest BCUT2D eigenvalue weighted by Crippen LogP contribution is 2.27. The Kier molecular flexibility index (Phi) is 3.12. The summed E-state index contributed by atoms with van der Waals surface area (Å²) in [5.74, 6) is 0.231. The number of nitrogens with zero attached hydrogens (tertiary/aromatic N) is 2. The standard InChI is InChI=1S/C14H11N3OS/c18-12-5-1-4-11(7-12)16-14-17-13(9-19-14)10-3-2-6-15-8-10/h1-9,18H,(H,16,17). The molecule has 5 heteroatoms. The van der Waals surface area contributed by atoms with E-state index in [-0.39, 0.29) is 5.75 Å². The summed E-state index contributed by atoms with van der Waals surface area (Å²) in [7, 11) is 0. The number of anilines is 2. The molecule has 0 unspecified atom stereocenters. The molecule has 0 fully saturated rings. The van der Waals surface area contributed by atoms with E-state index >= 15 is 0 Å². The summed E-state index contributed by atoms with van der Waals surface area (Å²) in [5.41, 5.74) is 2.69. The number of nitrogens with one attached hydrogen (secondary N) is 1. The Balaban J connectivity index is 1.82. The Morgan fingerprint density at radius 2 is 2.11 bits per heavy atom. The molecule has 0 aliphatic heterocycles. The molecule has 2 N–H and O–H groups in total. The van der Waals surface area contributed by atoms with Crippen molar-refractivity contribution in [3.8, 4) is 17.0 Å². The molecule has 0 radical (unpaired) electrons. The number of thiazole rings is 1. The second-order valence-electron chi connectivity index (χ2n) is 3.95. The predicted octanol–water partition coefficient (Wildman–Crippen LogP) is 3.65. The number of aromatic nitrogens is 2. The third-order valence-electron chi connectivity index (χ3n) is 2.56. The Bertz CT molecular complexity index is 682. The van der Waals surface area contributed by atoms with Gasteiger partial charge in [-0.2, -0.15) is 0 Å². The van der Waals surface area contributed by atoms with Gasteiger partial charge in [-0.1, -0.05) is 6.07 Å². The van der Waals surface area contributed by atoms with Crippen LogP contribution in [0.4, 0.5) is 10.8 Å². The molecule has 0 spiro atoms. The fraction of sp³-hybridized carbons (Fsp3) is 0. The van der Waals surface area contributed by atoms with Crippen LogP contribution in [0.25, 0.3) is 11.3 Å². The molecule has 3 rings (SSSR count). The SMILES string of the molecule is Oc1cccc(Nc2nc(-c3cccnc3)cs2)c1. The highest BCUT2D eigenvalue weighted by atomic mass is 32.1. The summed E-state index contributed by atoms with van der Waals surface area (Å²) < 4.78 is 0. The molecular formula is C14H11N3OS. The van der Waals surface area contributed by atoms with Crippen LogP contribution in [0.15, 0.2) is 54.2 Å². The minimum atomic E-state index is 0.231. The molecule has 0 atom stereocenters. The number of hydrogen-bond acceptors (Lipinski definition) is 5. The minimum Gasteiger partial charge on any atom is -0.508 e. The second kappa shape index (κ2) is 5.07. The molecule has 4 nitrogen and oxygen atoms in total. The Labute approximate surface area is 114 Å². The Morgan fingerprint density at radius 3 is 2.89 bits per heavy atom. The van der Waals surface area contributed by atoms with Gasteiger partial charge in [0.1, 0.15) is 5.75 Å². The van der Waals surface area contributed by atoms with Gasteiger partial charge in [-0.25, -0.2) is 4.98 Å². The van der Waals surface area contributed by atoms with E-state index in [9.17, 15) is 5.11 Å². The zero-order chi connectivity index (χ0) is 13.1. The molecule has 94 valence electrons. The van der Waals surface area contributed by atoms with Crippen LogP contribution in [-0.2, 0) is 0 Å². The van der Waals surface area contributed by atoms with Crippen LogP contribution < -0.4 is 5.32 Å². The topological polar surface area (TPSA) is 58.0 Å². The van der Waals surface area contributed by atoms with Crippen molar-refractivity contribution >= 4 is 22.2 Å². The summed E-state index contributed by atoms with van der Waals surface area (Å²) in [4.78, 5) is 8.57. The van der Waals surface area contributed by atoms with E-state index in [4.69, 9.17) is 0 Å². The molecule has 0 saturated heterocycles. The number of benzene rings is 1. The van der Waals surface area contributed by atoms with Crippen molar-refractivity contribution < 1.29 is 5.11 Å². The summed E-state index contributed by atoms with van der Waals surface area (Å²) in [6.07, 6.45) is 3.52. The van der Waals surface area contributed by atoms with Gasteiger partial charge >= 0.3 is 0 Å². The van der Waals surface area contributed by atoms with Gasteiger partial charge in [-0.3, -0.25) is 4.98 Å². The number of hydrogen-bond donors (Lipinski definition) is 2. The Morgan fingerprint density at radius 1 is 1.16 bits per heavy atom. The molecule has 0 aliphatic carbocycles. The molecule has 1 aromatic carbocycles. The average molecular weight is 269 g/mol. The molecule has 0 amide bonds. The fourth-order valence-electron chi connectivity index (χ4n) is 1.69. The zero-order valence-electron chi connectivity index (χ0n) is 9.95. The van der Waals surface area contributed by atoms with Gasteiger partial charge < -0.3 is 10.4 Å². The van der Waals surface area contributed by atoms with Crippen LogP contribution in [-0.4, -0.2) is 15.1 Å². The molecule has 0 saturated carbocycles. The lowest BCUT2D eigenvalue weighted by Crippen LogP contribution is -1.89. The number of rotatable bonds is 3. The lowest BCUT2D eigenvalue weighted by Gasteiger charge is -2.02. The first-order valence-corrected chi connectivity index (χ1v) is 6.61. The summed E-state index contributed by atoms with van der Waals surface area (Å²) in [6, 6.07) is 10.8. The molecule has 19 heavy (non-hydrogen) atoms. The molecule has 2 heterocycles. The maximum absolute atomic E-state index is 9.41. The molecule has 3 aromatic rings. The predicted molar refractivity (Wildman–Crippen MR) is 76.7 cm³/mol. The highest BCUT2D eigenvalue weighted by molar-refractivity contribution is 7.14. The fourth-order valence-corrected chi connectivity index (χ4v) is 2.43. The van der Waals surface area contributed by atoms with Gasteiger partial charge in [-0.15, -0.1) is 11.3 Å². The molecule has 0 bridgehead atoms. The van der Waals surface area contributed by atoms with Crippen LogP contribution in [0.5, 0.6) is 5.75 Å². The minimum absolute atomic E-state index is 0.231. The van der Waals surface area contributed by atoms with Crippen molar-refractivity contribution in [2.24, 2.45) is 0 Å². The van der Waals surface area contributed by atoms with E-state index in [0.717, 1.165) is 22.1 Å². The van der Waals surface area contributed by atoms with Crippen molar-refractivity contribution in [1.29, 1.82) is 0 Å². The Hall–Kier alpha value is -2.40. The van der Waals surface area contributed by atoms with Crippen LogP contribution >= 0.6 is 11.3 Å². The van der Waals surface area contributed by atoms with Crippen molar-refractivity contribution in [2.45, 2.75) is 0 Å². The van der Waals surface area contributed by atoms with Gasteiger partial charge in [-0.05, 0) is 24.3 Å². The largest absolute Gasteiger partial charge is 0.508 e. The maximum atomic E-state index is 9.41. The van der Waals surface area contributed by atoms with E-state index in [1.54, 1.807) is 30.6 Å². The van der Waals surface area contributed by atoms with Gasteiger partial charge in [0.05, 0.1) is 5.69 Å². The van der Waals surface area contributed by atoms with Gasteiger partial charge in [0.25, 0.3) is 0 Å². The van der Waals surface area contributed by atoms with Crippen molar-refractivity contribution in [3.63, 3.8) is 0 Å². The number of pyridine rings is 1. The van der Waals surface area contributed by atoms with Crippen LogP contribution in [0.3, 0.4) is 0 Å². The van der Waals surface area contributed by atoms with Crippen molar-refractivity contribution in [3.05, 3.63) is 54.2 Å². The number of phenolic OH excluding ortho intramolecular Hbond substituents is 1. The molecule has 0 aliphatic rings. The smallest absolute Gasteiger partial charge is 0.187 e. The van der Waals surface area contributed by atoms with Crippen molar-refractivity contribution in [2.75, 3.05) is 5.32 Å². The van der Waals surface area contributed by atoms with Gasteiger partial charge in [0.15, 0.2) is 5.13 Å². The van der Waals surface area contributed by atoms with E-state index in [0.29, 0.717) is 0 Å². The van der Waals surface area contributed by atoms with E-state index in [1.165, 1.54) is 11.3 Å². The third-order valence-corrected chi connectivity index (χ3v) is 3.32. The lowest BCUT2D eigenvalue weighted by molar-refractivity contribution is 0.475. The average Bonchev–Trinajstić information content (AvgIpc) is 2.88. The number of phenols is 1. The van der Waals surface area contributed by atoms with E-state index in [2.05, 4.69) is 15.3 Å². The van der Waals surface area contributed by atoms with Crippen LogP contribution in [0, 0.1) is 0 Å². The summed E-state index contributed by atoms with van der Waals surface area (Å²) in [5, 5.41) is 15.3. The first kappa shape index (κ1) is 11.7. The monoisotopic (exact) mass is 269 g/mol. The first-order chi connectivity index (χ1) is 9.31. The summed E-state index contributed by atoms with van der Waals surface area (Å²) >= 11 is 1.51.